The van der Waals surface area contributed by atoms with Crippen LogP contribution in [0, 0.1) is 13.8 Å². The number of rotatable bonds is 7. The van der Waals surface area contributed by atoms with Crippen molar-refractivity contribution >= 4 is 40.0 Å². The van der Waals surface area contributed by atoms with E-state index < -0.39 is 24.5 Å². The molecule has 2 aromatic rings. The molecule has 0 aliphatic rings. The second kappa shape index (κ2) is 8.58. The summed E-state index contributed by atoms with van der Waals surface area (Å²) >= 11 is 0.959. The Morgan fingerprint density at radius 2 is 1.89 bits per heavy atom. The van der Waals surface area contributed by atoms with Gasteiger partial charge in [0.1, 0.15) is 5.00 Å². The summed E-state index contributed by atoms with van der Waals surface area (Å²) < 4.78 is 14.6. The Morgan fingerprint density at radius 3 is 2.44 bits per heavy atom. The van der Waals surface area contributed by atoms with Crippen LogP contribution in [0.3, 0.4) is 0 Å². The number of aromatic nitrogens is 1. The molecule has 10 heteroatoms. The van der Waals surface area contributed by atoms with Crippen LogP contribution in [0.15, 0.2) is 10.6 Å². The third-order valence-corrected chi connectivity index (χ3v) is 4.67. The number of Topliss-reactive ketones (excluding diaryl/α,β-unsaturated/α-hetero) is 1. The number of ketones is 1. The predicted molar refractivity (Wildman–Crippen MR) is 95.2 cm³/mol. The minimum absolute atomic E-state index is 0.109. The molecule has 1 amide bonds. The number of nitrogens with zero attached hydrogens (tertiary/aromatic N) is 1. The van der Waals surface area contributed by atoms with E-state index in [0.717, 1.165) is 11.3 Å². The smallest absolute Gasteiger partial charge is 0.377 e. The quantitative estimate of drug-likeness (QED) is 0.561. The molecule has 0 bridgehead atoms. The van der Waals surface area contributed by atoms with Crippen molar-refractivity contribution in [3.63, 3.8) is 0 Å². The summed E-state index contributed by atoms with van der Waals surface area (Å²) in [4.78, 5) is 48.1. The number of amides is 1. The average Bonchev–Trinajstić information content (AvgIpc) is 3.16. The highest BCUT2D eigenvalue weighted by Crippen LogP contribution is 2.34. The van der Waals surface area contributed by atoms with E-state index in [1.165, 1.54) is 13.0 Å². The molecule has 27 heavy (non-hydrogen) atoms. The lowest BCUT2D eigenvalue weighted by Crippen LogP contribution is -2.21. The summed E-state index contributed by atoms with van der Waals surface area (Å²) in [5.41, 5.74) is 1.03. The molecular weight excluding hydrogens is 376 g/mol. The Balaban J connectivity index is 2.12. The molecule has 2 aromatic heterocycles. The maximum absolute atomic E-state index is 12.2. The van der Waals surface area contributed by atoms with E-state index >= 15 is 0 Å². The number of nitrogens with one attached hydrogen (secondary N) is 1. The first-order valence-electron chi connectivity index (χ1n) is 7.96. The largest absolute Gasteiger partial charge is 0.462 e. The van der Waals surface area contributed by atoms with E-state index in [4.69, 9.17) is 14.0 Å². The highest BCUT2D eigenvalue weighted by molar-refractivity contribution is 7.18. The molecule has 0 aromatic carbocycles. The zero-order valence-corrected chi connectivity index (χ0v) is 16.0. The van der Waals surface area contributed by atoms with E-state index in [1.54, 1.807) is 20.8 Å². The number of carbonyl (C=O) groups is 4. The first-order chi connectivity index (χ1) is 12.7. The SMILES string of the molecule is CCOC(=O)c1c(NC(=O)COC(=O)c2cc(C)no2)sc(C(C)=O)c1C. The fraction of sp³-hybridized carbons (Fsp3) is 0.353. The number of carbonyl (C=O) groups excluding carboxylic acids is 4. The van der Waals surface area contributed by atoms with Gasteiger partial charge in [-0.3, -0.25) is 9.59 Å². The van der Waals surface area contributed by atoms with Crippen molar-refractivity contribution in [2.24, 2.45) is 0 Å². The van der Waals surface area contributed by atoms with Gasteiger partial charge in [-0.15, -0.1) is 11.3 Å². The second-order valence-electron chi connectivity index (χ2n) is 5.49. The van der Waals surface area contributed by atoms with Crippen LogP contribution in [0.5, 0.6) is 0 Å². The summed E-state index contributed by atoms with van der Waals surface area (Å²) in [6.45, 7) is 5.78. The first kappa shape index (κ1) is 20.3. The summed E-state index contributed by atoms with van der Waals surface area (Å²) in [5.74, 6) is -2.54. The zero-order valence-electron chi connectivity index (χ0n) is 15.2. The molecule has 0 aliphatic heterocycles. The predicted octanol–water partition coefficient (Wildman–Crippen LogP) is 2.53. The van der Waals surface area contributed by atoms with Gasteiger partial charge in [0.05, 0.1) is 22.7 Å². The third kappa shape index (κ3) is 4.79. The Kier molecular flexibility index (Phi) is 6.45. The summed E-state index contributed by atoms with van der Waals surface area (Å²) in [5, 5.41) is 6.19. The van der Waals surface area contributed by atoms with E-state index in [-0.39, 0.29) is 28.7 Å². The van der Waals surface area contributed by atoms with Crippen LogP contribution >= 0.6 is 11.3 Å². The topological polar surface area (TPSA) is 125 Å². The number of ether oxygens (including phenoxy) is 2. The highest BCUT2D eigenvalue weighted by atomic mass is 32.1. The Bertz CT molecular complexity index is 897. The van der Waals surface area contributed by atoms with E-state index in [2.05, 4.69) is 10.5 Å². The molecule has 0 atom stereocenters. The van der Waals surface area contributed by atoms with E-state index in [9.17, 15) is 19.2 Å². The Hall–Kier alpha value is -3.01. The average molecular weight is 394 g/mol. The minimum atomic E-state index is -0.844. The van der Waals surface area contributed by atoms with Crippen molar-refractivity contribution in [1.29, 1.82) is 0 Å². The lowest BCUT2D eigenvalue weighted by Gasteiger charge is -2.07. The maximum Gasteiger partial charge on any atom is 0.377 e. The normalized spacial score (nSPS) is 10.4. The van der Waals surface area contributed by atoms with Crippen LogP contribution in [-0.2, 0) is 14.3 Å². The minimum Gasteiger partial charge on any atom is -0.462 e. The molecule has 2 heterocycles. The standard InChI is InChI=1S/C17H18N2O7S/c1-5-24-17(23)13-9(3)14(10(4)20)27-15(13)18-12(21)7-25-16(22)11-6-8(2)19-26-11/h6H,5,7H2,1-4H3,(H,18,21). The van der Waals surface area contributed by atoms with Gasteiger partial charge < -0.3 is 19.3 Å². The molecule has 0 unspecified atom stereocenters. The first-order valence-corrected chi connectivity index (χ1v) is 8.78. The third-order valence-electron chi connectivity index (χ3n) is 3.36. The Labute approximate surface area is 158 Å². The van der Waals surface area contributed by atoms with Crippen molar-refractivity contribution in [3.8, 4) is 0 Å². The van der Waals surface area contributed by atoms with Crippen molar-refractivity contribution in [1.82, 2.24) is 5.16 Å². The highest BCUT2D eigenvalue weighted by Gasteiger charge is 2.25. The number of hydrogen-bond donors (Lipinski definition) is 1. The van der Waals surface area contributed by atoms with Crippen molar-refractivity contribution in [2.45, 2.75) is 27.7 Å². The number of anilines is 1. The van der Waals surface area contributed by atoms with Crippen molar-refractivity contribution in [3.05, 3.63) is 33.5 Å². The summed E-state index contributed by atoms with van der Waals surface area (Å²) in [6, 6.07) is 1.38. The molecule has 0 saturated heterocycles. The molecule has 0 aliphatic carbocycles. The van der Waals surface area contributed by atoms with Gasteiger partial charge in [0.25, 0.3) is 5.91 Å². The number of hydrogen-bond acceptors (Lipinski definition) is 9. The summed E-state index contributed by atoms with van der Waals surface area (Å²) in [7, 11) is 0. The lowest BCUT2D eigenvalue weighted by atomic mass is 10.1. The van der Waals surface area contributed by atoms with Gasteiger partial charge in [0.15, 0.2) is 12.4 Å². The molecule has 0 saturated carbocycles. The lowest BCUT2D eigenvalue weighted by molar-refractivity contribution is -0.119. The van der Waals surface area contributed by atoms with Gasteiger partial charge in [-0.05, 0) is 33.3 Å². The van der Waals surface area contributed by atoms with Gasteiger partial charge in [-0.1, -0.05) is 5.16 Å². The van der Waals surface area contributed by atoms with Crippen molar-refractivity contribution < 1.29 is 33.2 Å². The van der Waals surface area contributed by atoms with Crippen LogP contribution in [-0.4, -0.2) is 42.0 Å². The Morgan fingerprint density at radius 1 is 1.19 bits per heavy atom. The van der Waals surface area contributed by atoms with Crippen LogP contribution < -0.4 is 5.32 Å². The van der Waals surface area contributed by atoms with Crippen molar-refractivity contribution in [2.75, 3.05) is 18.5 Å². The maximum atomic E-state index is 12.2. The molecular formula is C17H18N2O7S. The number of thiophene rings is 1. The van der Waals surface area contributed by atoms with Gasteiger partial charge >= 0.3 is 11.9 Å². The zero-order chi connectivity index (χ0) is 20.1. The molecule has 0 radical (unpaired) electrons. The van der Waals surface area contributed by atoms with Gasteiger partial charge in [0.2, 0.25) is 5.76 Å². The van der Waals surface area contributed by atoms with E-state index in [1.807, 2.05) is 0 Å². The molecule has 0 spiro atoms. The monoisotopic (exact) mass is 394 g/mol. The van der Waals surface area contributed by atoms with Gasteiger partial charge in [0, 0.05) is 6.07 Å². The summed E-state index contributed by atoms with van der Waals surface area (Å²) in [6.07, 6.45) is 0. The fourth-order valence-corrected chi connectivity index (χ4v) is 3.32. The van der Waals surface area contributed by atoms with Crippen LogP contribution in [0.25, 0.3) is 0 Å². The molecule has 144 valence electrons. The van der Waals surface area contributed by atoms with Crippen LogP contribution in [0.4, 0.5) is 5.00 Å². The van der Waals surface area contributed by atoms with Crippen LogP contribution in [0.2, 0.25) is 0 Å². The van der Waals surface area contributed by atoms with E-state index in [0.29, 0.717) is 16.1 Å². The van der Waals surface area contributed by atoms with Crippen LogP contribution in [0.1, 0.15) is 55.7 Å². The number of esters is 2. The van der Waals surface area contributed by atoms with Gasteiger partial charge in [-0.25, -0.2) is 9.59 Å². The molecule has 0 fully saturated rings. The second-order valence-corrected chi connectivity index (χ2v) is 6.51. The molecule has 2 rings (SSSR count). The van der Waals surface area contributed by atoms with Gasteiger partial charge in [-0.2, -0.15) is 0 Å². The fourth-order valence-electron chi connectivity index (χ4n) is 2.21. The molecule has 9 nitrogen and oxygen atoms in total. The molecule has 1 N–H and O–H groups in total. The number of aryl methyl sites for hydroxylation is 1.